The van der Waals surface area contributed by atoms with Crippen LogP contribution in [0.3, 0.4) is 0 Å². The fourth-order valence-electron chi connectivity index (χ4n) is 2.70. The molecule has 2 rings (SSSR count). The lowest BCUT2D eigenvalue weighted by Gasteiger charge is -2.35. The topological polar surface area (TPSA) is 64.7 Å². The molecule has 0 aliphatic carbocycles. The third kappa shape index (κ3) is 5.85. The number of piperazine rings is 1. The lowest BCUT2D eigenvalue weighted by molar-refractivity contribution is -0.121. The number of nitrogens with zero attached hydrogens (tertiary/aromatic N) is 2. The van der Waals surface area contributed by atoms with Crippen molar-refractivity contribution in [2.24, 2.45) is 5.92 Å². The van der Waals surface area contributed by atoms with Crippen LogP contribution in [0.4, 0.5) is 10.5 Å². The number of carbonyl (C=O) groups is 2. The van der Waals surface area contributed by atoms with Gasteiger partial charge in [-0.25, -0.2) is 4.79 Å². The molecule has 0 spiro atoms. The summed E-state index contributed by atoms with van der Waals surface area (Å²) in [7, 11) is 0. The number of hydrogen-bond donors (Lipinski definition) is 2. The molecule has 3 amide bonds. The number of rotatable bonds is 5. The van der Waals surface area contributed by atoms with Gasteiger partial charge in [-0.1, -0.05) is 26.0 Å². The van der Waals surface area contributed by atoms with Crippen molar-refractivity contribution in [2.75, 3.05) is 44.2 Å². The Morgan fingerprint density at radius 1 is 1.17 bits per heavy atom. The van der Waals surface area contributed by atoms with E-state index >= 15 is 0 Å². The number of urea groups is 1. The predicted octanol–water partition coefficient (Wildman–Crippen LogP) is 1.60. The fraction of sp³-hybridized carbons (Fsp3) is 0.556. The Bertz CT molecular complexity index is 566. The van der Waals surface area contributed by atoms with Gasteiger partial charge in [0.15, 0.2) is 0 Å². The van der Waals surface area contributed by atoms with E-state index in [-0.39, 0.29) is 12.5 Å². The van der Waals surface area contributed by atoms with Crippen LogP contribution in [0.2, 0.25) is 0 Å². The Hall–Kier alpha value is -2.08. The maximum absolute atomic E-state index is 11.9. The van der Waals surface area contributed by atoms with Gasteiger partial charge in [0.2, 0.25) is 5.91 Å². The van der Waals surface area contributed by atoms with Crippen LogP contribution in [0.1, 0.15) is 19.4 Å². The molecule has 132 valence electrons. The maximum atomic E-state index is 11.9. The van der Waals surface area contributed by atoms with Crippen LogP contribution in [0.5, 0.6) is 0 Å². The standard InChI is InChI=1S/C18H28N4O2/c1-14(2)12-19-18(24)20-17(23)13-21-7-9-22(10-8-21)16-6-4-5-15(3)11-16/h4-6,11,14H,7-10,12-13H2,1-3H3,(H2,19,20,23,24). The first kappa shape index (κ1) is 18.3. The third-order valence-corrected chi connectivity index (χ3v) is 4.03. The average Bonchev–Trinajstić information content (AvgIpc) is 2.53. The smallest absolute Gasteiger partial charge is 0.321 e. The first-order chi connectivity index (χ1) is 11.4. The highest BCUT2D eigenvalue weighted by molar-refractivity contribution is 5.95. The van der Waals surface area contributed by atoms with Gasteiger partial charge in [-0.15, -0.1) is 0 Å². The summed E-state index contributed by atoms with van der Waals surface area (Å²) in [6.07, 6.45) is 0. The molecule has 0 unspecified atom stereocenters. The van der Waals surface area contributed by atoms with E-state index in [1.165, 1.54) is 11.3 Å². The van der Waals surface area contributed by atoms with Crippen molar-refractivity contribution in [3.8, 4) is 0 Å². The molecule has 6 heteroatoms. The van der Waals surface area contributed by atoms with Crippen LogP contribution in [-0.4, -0.2) is 56.1 Å². The highest BCUT2D eigenvalue weighted by Crippen LogP contribution is 2.17. The van der Waals surface area contributed by atoms with E-state index in [1.807, 2.05) is 13.8 Å². The molecule has 0 atom stereocenters. The van der Waals surface area contributed by atoms with Crippen LogP contribution in [0.25, 0.3) is 0 Å². The molecule has 1 aliphatic rings. The average molecular weight is 332 g/mol. The molecular formula is C18H28N4O2. The summed E-state index contributed by atoms with van der Waals surface area (Å²) in [6.45, 7) is 10.3. The molecule has 1 fully saturated rings. The number of imide groups is 1. The van der Waals surface area contributed by atoms with Gasteiger partial charge in [0.25, 0.3) is 0 Å². The molecule has 0 radical (unpaired) electrons. The minimum absolute atomic E-state index is 0.250. The second-order valence-electron chi connectivity index (χ2n) is 6.75. The van der Waals surface area contributed by atoms with Crippen LogP contribution >= 0.6 is 0 Å². The molecule has 1 aromatic carbocycles. The van der Waals surface area contributed by atoms with Crippen LogP contribution in [0, 0.1) is 12.8 Å². The molecule has 0 aromatic heterocycles. The van der Waals surface area contributed by atoms with Gasteiger partial charge in [0, 0.05) is 38.4 Å². The van der Waals surface area contributed by atoms with E-state index in [1.54, 1.807) is 0 Å². The van der Waals surface area contributed by atoms with Crippen molar-refractivity contribution in [3.05, 3.63) is 29.8 Å². The van der Waals surface area contributed by atoms with Gasteiger partial charge in [0.1, 0.15) is 0 Å². The monoisotopic (exact) mass is 332 g/mol. The normalized spacial score (nSPS) is 15.4. The van der Waals surface area contributed by atoms with E-state index in [2.05, 4.69) is 51.6 Å². The minimum Gasteiger partial charge on any atom is -0.369 e. The molecule has 0 bridgehead atoms. The zero-order chi connectivity index (χ0) is 17.5. The van der Waals surface area contributed by atoms with E-state index in [4.69, 9.17) is 0 Å². The summed E-state index contributed by atoms with van der Waals surface area (Å²) in [6, 6.07) is 8.05. The molecule has 1 aliphatic heterocycles. The van der Waals surface area contributed by atoms with E-state index in [9.17, 15) is 9.59 Å². The predicted molar refractivity (Wildman–Crippen MR) is 96.2 cm³/mol. The summed E-state index contributed by atoms with van der Waals surface area (Å²) in [4.78, 5) is 27.9. The number of aryl methyl sites for hydroxylation is 1. The second kappa shape index (κ2) is 8.68. The number of benzene rings is 1. The zero-order valence-electron chi connectivity index (χ0n) is 14.8. The Kier molecular flexibility index (Phi) is 6.61. The van der Waals surface area contributed by atoms with Gasteiger partial charge in [-0.05, 0) is 30.5 Å². The van der Waals surface area contributed by atoms with E-state index in [0.29, 0.717) is 12.5 Å². The Morgan fingerprint density at radius 3 is 2.50 bits per heavy atom. The molecule has 0 saturated carbocycles. The molecule has 6 nitrogen and oxygen atoms in total. The minimum atomic E-state index is -0.410. The van der Waals surface area contributed by atoms with Crippen molar-refractivity contribution < 1.29 is 9.59 Å². The van der Waals surface area contributed by atoms with Crippen molar-refractivity contribution >= 4 is 17.6 Å². The van der Waals surface area contributed by atoms with Gasteiger partial charge < -0.3 is 10.2 Å². The van der Waals surface area contributed by atoms with E-state index < -0.39 is 6.03 Å². The molecule has 2 N–H and O–H groups in total. The first-order valence-corrected chi connectivity index (χ1v) is 8.55. The van der Waals surface area contributed by atoms with Crippen LogP contribution < -0.4 is 15.5 Å². The van der Waals surface area contributed by atoms with E-state index in [0.717, 1.165) is 26.2 Å². The summed E-state index contributed by atoms with van der Waals surface area (Å²) < 4.78 is 0. The first-order valence-electron chi connectivity index (χ1n) is 8.55. The van der Waals surface area contributed by atoms with Crippen molar-refractivity contribution in [2.45, 2.75) is 20.8 Å². The fourth-order valence-corrected chi connectivity index (χ4v) is 2.70. The molecule has 24 heavy (non-hydrogen) atoms. The number of carbonyl (C=O) groups excluding carboxylic acids is 2. The van der Waals surface area contributed by atoms with Crippen LogP contribution in [0.15, 0.2) is 24.3 Å². The van der Waals surface area contributed by atoms with Crippen molar-refractivity contribution in [3.63, 3.8) is 0 Å². The van der Waals surface area contributed by atoms with Gasteiger partial charge in [-0.3, -0.25) is 15.0 Å². The Balaban J connectivity index is 1.72. The summed E-state index contributed by atoms with van der Waals surface area (Å²) in [5.74, 6) is 0.112. The SMILES string of the molecule is Cc1cccc(N2CCN(CC(=O)NC(=O)NCC(C)C)CC2)c1. The molecule has 1 heterocycles. The molecule has 1 saturated heterocycles. The quantitative estimate of drug-likeness (QED) is 0.860. The maximum Gasteiger partial charge on any atom is 0.321 e. The summed E-state index contributed by atoms with van der Waals surface area (Å²) in [5, 5.41) is 5.08. The Labute approximate surface area is 144 Å². The number of anilines is 1. The van der Waals surface area contributed by atoms with Gasteiger partial charge >= 0.3 is 6.03 Å². The van der Waals surface area contributed by atoms with Crippen molar-refractivity contribution in [1.82, 2.24) is 15.5 Å². The van der Waals surface area contributed by atoms with Crippen LogP contribution in [-0.2, 0) is 4.79 Å². The van der Waals surface area contributed by atoms with Gasteiger partial charge in [-0.2, -0.15) is 0 Å². The third-order valence-electron chi connectivity index (χ3n) is 4.03. The number of amides is 3. The number of hydrogen-bond acceptors (Lipinski definition) is 4. The Morgan fingerprint density at radius 2 is 1.88 bits per heavy atom. The lowest BCUT2D eigenvalue weighted by Crippen LogP contribution is -2.51. The molecular weight excluding hydrogens is 304 g/mol. The zero-order valence-corrected chi connectivity index (χ0v) is 14.8. The van der Waals surface area contributed by atoms with Gasteiger partial charge in [0.05, 0.1) is 6.54 Å². The lowest BCUT2D eigenvalue weighted by atomic mass is 10.2. The van der Waals surface area contributed by atoms with Crippen molar-refractivity contribution in [1.29, 1.82) is 0 Å². The highest BCUT2D eigenvalue weighted by Gasteiger charge is 2.20. The number of nitrogens with one attached hydrogen (secondary N) is 2. The highest BCUT2D eigenvalue weighted by atomic mass is 16.2. The summed E-state index contributed by atoms with van der Waals surface area (Å²) >= 11 is 0. The second-order valence-corrected chi connectivity index (χ2v) is 6.75. The largest absolute Gasteiger partial charge is 0.369 e. The molecule has 1 aromatic rings. The summed E-state index contributed by atoms with van der Waals surface area (Å²) in [5.41, 5.74) is 2.48.